The number of H-pyrrole nitrogens is 1. The van der Waals surface area contributed by atoms with Gasteiger partial charge in [-0.1, -0.05) is 42.3 Å². The fourth-order valence-electron chi connectivity index (χ4n) is 3.69. The zero-order valence-corrected chi connectivity index (χ0v) is 14.3. The summed E-state index contributed by atoms with van der Waals surface area (Å²) < 4.78 is 0. The van der Waals surface area contributed by atoms with E-state index in [1.54, 1.807) is 6.07 Å². The van der Waals surface area contributed by atoms with E-state index >= 15 is 0 Å². The minimum atomic E-state index is -0.968. The van der Waals surface area contributed by atoms with Crippen LogP contribution in [0.1, 0.15) is 35.2 Å². The summed E-state index contributed by atoms with van der Waals surface area (Å²) in [6.45, 7) is 0.171. The smallest absolute Gasteiger partial charge is 0.337 e. The van der Waals surface area contributed by atoms with Gasteiger partial charge < -0.3 is 15.2 Å². The summed E-state index contributed by atoms with van der Waals surface area (Å²) in [6.07, 6.45) is 4.66. The third-order valence-electron chi connectivity index (χ3n) is 5.42. The van der Waals surface area contributed by atoms with E-state index in [4.69, 9.17) is 11.6 Å². The molecule has 0 saturated heterocycles. The zero-order valence-electron chi connectivity index (χ0n) is 13.6. The molecular formula is C20H18ClNO3. The first-order chi connectivity index (χ1) is 12.0. The summed E-state index contributed by atoms with van der Waals surface area (Å²) in [5.74, 6) is -0.968. The number of fused-ring (bicyclic) bond motifs is 1. The maximum Gasteiger partial charge on any atom is 0.337 e. The van der Waals surface area contributed by atoms with E-state index in [1.165, 1.54) is 6.20 Å². The van der Waals surface area contributed by atoms with Crippen LogP contribution in [0.5, 0.6) is 0 Å². The largest absolute Gasteiger partial charge is 0.478 e. The van der Waals surface area contributed by atoms with Crippen LogP contribution in [0.4, 0.5) is 0 Å². The highest BCUT2D eigenvalue weighted by molar-refractivity contribution is 6.34. The lowest BCUT2D eigenvalue weighted by atomic mass is 9.65. The van der Waals surface area contributed by atoms with Crippen molar-refractivity contribution in [1.29, 1.82) is 0 Å². The topological polar surface area (TPSA) is 73.3 Å². The third kappa shape index (κ3) is 2.53. The number of aliphatic hydroxyl groups is 1. The Hall–Kier alpha value is -2.30. The summed E-state index contributed by atoms with van der Waals surface area (Å²) in [5.41, 5.74) is 3.73. The molecule has 0 aliphatic heterocycles. The summed E-state index contributed by atoms with van der Waals surface area (Å²) in [5, 5.41) is 20.2. The molecule has 25 heavy (non-hydrogen) atoms. The van der Waals surface area contributed by atoms with Gasteiger partial charge in [0, 0.05) is 28.1 Å². The molecule has 1 fully saturated rings. The molecule has 4 rings (SSSR count). The average Bonchev–Trinajstić information content (AvgIpc) is 2.97. The molecule has 0 bridgehead atoms. The number of aromatic amines is 1. The fraction of sp³-hybridized carbons (Fsp3) is 0.250. The van der Waals surface area contributed by atoms with Crippen molar-refractivity contribution in [1.82, 2.24) is 4.98 Å². The van der Waals surface area contributed by atoms with Gasteiger partial charge in [0.25, 0.3) is 0 Å². The molecule has 3 aromatic rings. The standard InChI is InChI=1S/C20H18ClNO3/c21-17-9-18-15(16(10-22-18)19(24)25)8-14(17)12-2-4-13(5-3-12)20(11-23)6-1-7-20/h2-5,8-10,22-23H,1,6-7,11H2,(H,24,25). The normalized spacial score (nSPS) is 15.9. The minimum Gasteiger partial charge on any atom is -0.478 e. The monoisotopic (exact) mass is 355 g/mol. The Morgan fingerprint density at radius 2 is 1.92 bits per heavy atom. The fourth-order valence-corrected chi connectivity index (χ4v) is 3.96. The van der Waals surface area contributed by atoms with Crippen molar-refractivity contribution in [2.75, 3.05) is 6.61 Å². The SMILES string of the molecule is O=C(O)c1c[nH]c2cc(Cl)c(-c3ccc(C4(CO)CCC4)cc3)cc12. The maximum absolute atomic E-state index is 11.4. The van der Waals surface area contributed by atoms with Gasteiger partial charge in [0.15, 0.2) is 0 Å². The molecule has 0 amide bonds. The number of nitrogens with one attached hydrogen (secondary N) is 1. The second-order valence-electron chi connectivity index (χ2n) is 6.75. The number of carboxylic acid groups (broad SMARTS) is 1. The van der Waals surface area contributed by atoms with Gasteiger partial charge in [0.2, 0.25) is 0 Å². The minimum absolute atomic E-state index is 0.0939. The molecule has 0 atom stereocenters. The van der Waals surface area contributed by atoms with Crippen molar-refractivity contribution in [3.63, 3.8) is 0 Å². The van der Waals surface area contributed by atoms with E-state index in [1.807, 2.05) is 30.3 Å². The Balaban J connectivity index is 1.77. The molecule has 0 unspecified atom stereocenters. The van der Waals surface area contributed by atoms with E-state index in [9.17, 15) is 15.0 Å². The quantitative estimate of drug-likeness (QED) is 0.640. The lowest BCUT2D eigenvalue weighted by Gasteiger charge is -2.41. The summed E-state index contributed by atoms with van der Waals surface area (Å²) in [7, 11) is 0. The molecule has 1 heterocycles. The number of aromatic carboxylic acids is 1. The van der Waals surface area contributed by atoms with Crippen LogP contribution in [-0.4, -0.2) is 27.8 Å². The van der Waals surface area contributed by atoms with Crippen molar-refractivity contribution in [3.05, 3.63) is 58.7 Å². The maximum atomic E-state index is 11.4. The zero-order chi connectivity index (χ0) is 17.6. The van der Waals surface area contributed by atoms with E-state index < -0.39 is 5.97 Å². The molecule has 0 radical (unpaired) electrons. The van der Waals surface area contributed by atoms with Crippen LogP contribution in [-0.2, 0) is 5.41 Å². The van der Waals surface area contributed by atoms with E-state index in [-0.39, 0.29) is 17.6 Å². The predicted molar refractivity (Wildman–Crippen MR) is 98.3 cm³/mol. The number of hydrogen-bond donors (Lipinski definition) is 3. The molecule has 1 aliphatic rings. The molecule has 3 N–H and O–H groups in total. The molecule has 5 heteroatoms. The number of halogens is 1. The average molecular weight is 356 g/mol. The molecule has 2 aromatic carbocycles. The Kier molecular flexibility index (Phi) is 3.82. The first-order valence-corrected chi connectivity index (χ1v) is 8.67. The highest BCUT2D eigenvalue weighted by Gasteiger charge is 2.37. The molecule has 1 aromatic heterocycles. The van der Waals surface area contributed by atoms with E-state index in [0.717, 1.165) is 36.0 Å². The van der Waals surface area contributed by atoms with Crippen LogP contribution in [0.2, 0.25) is 5.02 Å². The number of hydrogen-bond acceptors (Lipinski definition) is 2. The Morgan fingerprint density at radius 3 is 2.48 bits per heavy atom. The summed E-state index contributed by atoms with van der Waals surface area (Å²) in [6, 6.07) is 11.6. The van der Waals surface area contributed by atoms with Gasteiger partial charge in [0.1, 0.15) is 0 Å². The molecule has 128 valence electrons. The highest BCUT2D eigenvalue weighted by atomic mass is 35.5. The number of carboxylic acids is 1. The van der Waals surface area contributed by atoms with Crippen LogP contribution in [0.25, 0.3) is 22.0 Å². The Bertz CT molecular complexity index is 949. The summed E-state index contributed by atoms with van der Waals surface area (Å²) >= 11 is 6.41. The van der Waals surface area contributed by atoms with Gasteiger partial charge in [-0.25, -0.2) is 4.79 Å². The molecular weight excluding hydrogens is 338 g/mol. The molecule has 4 nitrogen and oxygen atoms in total. The first kappa shape index (κ1) is 16.2. The second kappa shape index (κ2) is 5.90. The van der Waals surface area contributed by atoms with Gasteiger partial charge >= 0.3 is 5.97 Å². The lowest BCUT2D eigenvalue weighted by molar-refractivity contribution is 0.0699. The van der Waals surface area contributed by atoms with Crippen molar-refractivity contribution in [2.45, 2.75) is 24.7 Å². The molecule has 1 saturated carbocycles. The van der Waals surface area contributed by atoms with E-state index in [0.29, 0.717) is 15.9 Å². The lowest BCUT2D eigenvalue weighted by Crippen LogP contribution is -2.37. The predicted octanol–water partition coefficient (Wildman–Crippen LogP) is 4.60. The van der Waals surface area contributed by atoms with Crippen LogP contribution in [0.15, 0.2) is 42.6 Å². The van der Waals surface area contributed by atoms with Crippen molar-refractivity contribution < 1.29 is 15.0 Å². The molecule has 0 spiro atoms. The number of aromatic nitrogens is 1. The van der Waals surface area contributed by atoms with Crippen LogP contribution >= 0.6 is 11.6 Å². The van der Waals surface area contributed by atoms with Crippen LogP contribution < -0.4 is 0 Å². The van der Waals surface area contributed by atoms with Crippen LogP contribution in [0, 0.1) is 0 Å². The highest BCUT2D eigenvalue weighted by Crippen LogP contribution is 2.44. The Morgan fingerprint density at radius 1 is 1.20 bits per heavy atom. The summed E-state index contributed by atoms with van der Waals surface area (Å²) in [4.78, 5) is 14.3. The third-order valence-corrected chi connectivity index (χ3v) is 5.73. The molecule has 1 aliphatic carbocycles. The van der Waals surface area contributed by atoms with Crippen LogP contribution in [0.3, 0.4) is 0 Å². The first-order valence-electron chi connectivity index (χ1n) is 8.30. The van der Waals surface area contributed by atoms with Gasteiger partial charge in [-0.05, 0) is 36.1 Å². The van der Waals surface area contributed by atoms with Gasteiger partial charge in [-0.15, -0.1) is 0 Å². The Labute approximate surface area is 150 Å². The van der Waals surface area contributed by atoms with Gasteiger partial charge in [-0.3, -0.25) is 0 Å². The second-order valence-corrected chi connectivity index (χ2v) is 7.16. The van der Waals surface area contributed by atoms with Crippen molar-refractivity contribution in [2.24, 2.45) is 0 Å². The van der Waals surface area contributed by atoms with Gasteiger partial charge in [0.05, 0.1) is 17.2 Å². The number of rotatable bonds is 4. The number of carbonyl (C=O) groups is 1. The van der Waals surface area contributed by atoms with E-state index in [2.05, 4.69) is 4.98 Å². The number of benzene rings is 2. The van der Waals surface area contributed by atoms with Crippen molar-refractivity contribution in [3.8, 4) is 11.1 Å². The number of aliphatic hydroxyl groups excluding tert-OH is 1. The van der Waals surface area contributed by atoms with Gasteiger partial charge in [-0.2, -0.15) is 0 Å². The van der Waals surface area contributed by atoms with Crippen molar-refractivity contribution >= 4 is 28.5 Å².